The van der Waals surface area contributed by atoms with Gasteiger partial charge in [-0.3, -0.25) is 4.79 Å². The van der Waals surface area contributed by atoms with Gasteiger partial charge in [0.15, 0.2) is 5.78 Å². The van der Waals surface area contributed by atoms with Gasteiger partial charge < -0.3 is 9.47 Å². The van der Waals surface area contributed by atoms with Crippen LogP contribution in [0, 0.1) is 6.92 Å². The van der Waals surface area contributed by atoms with E-state index in [2.05, 4.69) is 0 Å². The zero-order valence-corrected chi connectivity index (χ0v) is 10.9. The van der Waals surface area contributed by atoms with Crippen LogP contribution in [0.5, 0.6) is 0 Å². The summed E-state index contributed by atoms with van der Waals surface area (Å²) in [6, 6.07) is 7.52. The number of carbonyl (C=O) groups is 1. The molecule has 3 nitrogen and oxygen atoms in total. The summed E-state index contributed by atoms with van der Waals surface area (Å²) in [5.74, 6) is 0.00736. The third-order valence-corrected chi connectivity index (χ3v) is 2.54. The monoisotopic (exact) mass is 236 g/mol. The first kappa shape index (κ1) is 13.9. The number of benzene rings is 1. The van der Waals surface area contributed by atoms with Gasteiger partial charge >= 0.3 is 0 Å². The smallest absolute Gasteiger partial charge is 0.191 e. The Bertz CT molecular complexity index is 356. The molecule has 2 atom stereocenters. The van der Waals surface area contributed by atoms with E-state index in [1.807, 2.05) is 38.1 Å². The molecular formula is C14H20O3. The van der Waals surface area contributed by atoms with Crippen molar-refractivity contribution in [3.63, 3.8) is 0 Å². The molecule has 1 aromatic rings. The maximum Gasteiger partial charge on any atom is 0.191 e. The first-order valence-corrected chi connectivity index (χ1v) is 5.80. The van der Waals surface area contributed by atoms with Crippen LogP contribution in [0.3, 0.4) is 0 Å². The van der Waals surface area contributed by atoms with Crippen LogP contribution in [0.25, 0.3) is 0 Å². The van der Waals surface area contributed by atoms with Gasteiger partial charge in [0.25, 0.3) is 0 Å². The maximum atomic E-state index is 12.0. The highest BCUT2D eigenvalue weighted by Crippen LogP contribution is 2.10. The minimum Gasteiger partial charge on any atom is -0.382 e. The normalized spacial score (nSPS) is 14.4. The van der Waals surface area contributed by atoms with E-state index in [0.29, 0.717) is 12.2 Å². The van der Waals surface area contributed by atoms with Crippen molar-refractivity contribution in [1.82, 2.24) is 0 Å². The number of hydrogen-bond acceptors (Lipinski definition) is 3. The van der Waals surface area contributed by atoms with Crippen LogP contribution in [-0.2, 0) is 9.47 Å². The van der Waals surface area contributed by atoms with Gasteiger partial charge in [0.1, 0.15) is 6.10 Å². The van der Waals surface area contributed by atoms with Crippen LogP contribution in [-0.4, -0.2) is 31.7 Å². The molecule has 0 spiro atoms. The summed E-state index contributed by atoms with van der Waals surface area (Å²) in [4.78, 5) is 12.0. The summed E-state index contributed by atoms with van der Waals surface area (Å²) in [5.41, 5.74) is 1.83. The molecule has 1 aromatic carbocycles. The molecule has 1 rings (SSSR count). The number of rotatable bonds is 6. The Morgan fingerprint density at radius 1 is 1.24 bits per heavy atom. The van der Waals surface area contributed by atoms with Crippen molar-refractivity contribution in [3.8, 4) is 0 Å². The highest BCUT2D eigenvalue weighted by molar-refractivity contribution is 5.99. The van der Waals surface area contributed by atoms with Crippen molar-refractivity contribution in [3.05, 3.63) is 35.4 Å². The lowest BCUT2D eigenvalue weighted by molar-refractivity contribution is -0.0214. The maximum absolute atomic E-state index is 12.0. The van der Waals surface area contributed by atoms with E-state index in [0.717, 1.165) is 5.56 Å². The van der Waals surface area contributed by atoms with Gasteiger partial charge in [0.2, 0.25) is 0 Å². The fourth-order valence-corrected chi connectivity index (χ4v) is 1.64. The lowest BCUT2D eigenvalue weighted by atomic mass is 10.1. The summed E-state index contributed by atoms with van der Waals surface area (Å²) in [7, 11) is 1.62. The molecule has 0 N–H and O–H groups in total. The van der Waals surface area contributed by atoms with Crippen LogP contribution >= 0.6 is 0 Å². The fraction of sp³-hybridized carbons (Fsp3) is 0.500. The van der Waals surface area contributed by atoms with E-state index in [1.54, 1.807) is 14.0 Å². The Balaban J connectivity index is 2.60. The number of aryl methyl sites for hydroxylation is 1. The SMILES string of the molecule is COCC(C)OC(C)C(=O)c1ccc(C)cc1. The topological polar surface area (TPSA) is 35.5 Å². The van der Waals surface area contributed by atoms with Crippen LogP contribution < -0.4 is 0 Å². The number of hydrogen-bond donors (Lipinski definition) is 0. The van der Waals surface area contributed by atoms with Crippen LogP contribution in [0.15, 0.2) is 24.3 Å². The Morgan fingerprint density at radius 2 is 1.82 bits per heavy atom. The molecule has 2 unspecified atom stereocenters. The quantitative estimate of drug-likeness (QED) is 0.712. The van der Waals surface area contributed by atoms with E-state index < -0.39 is 6.10 Å². The summed E-state index contributed by atoms with van der Waals surface area (Å²) < 4.78 is 10.5. The highest BCUT2D eigenvalue weighted by Gasteiger charge is 2.18. The summed E-state index contributed by atoms with van der Waals surface area (Å²) in [6.07, 6.45) is -0.521. The molecule has 0 radical (unpaired) electrons. The average molecular weight is 236 g/mol. The second-order valence-corrected chi connectivity index (χ2v) is 4.27. The molecule has 0 saturated heterocycles. The molecule has 0 saturated carbocycles. The molecule has 0 aliphatic carbocycles. The van der Waals surface area contributed by atoms with E-state index in [-0.39, 0.29) is 11.9 Å². The third kappa shape index (κ3) is 4.29. The van der Waals surface area contributed by atoms with Gasteiger partial charge in [0.05, 0.1) is 12.7 Å². The van der Waals surface area contributed by atoms with Crippen molar-refractivity contribution in [2.75, 3.05) is 13.7 Å². The highest BCUT2D eigenvalue weighted by atomic mass is 16.5. The van der Waals surface area contributed by atoms with Gasteiger partial charge in [-0.1, -0.05) is 29.8 Å². The lowest BCUT2D eigenvalue weighted by Gasteiger charge is -2.17. The summed E-state index contributed by atoms with van der Waals surface area (Å²) >= 11 is 0. The predicted octanol–water partition coefficient (Wildman–Crippen LogP) is 2.62. The Labute approximate surface area is 103 Å². The Hall–Kier alpha value is -1.19. The second kappa shape index (κ2) is 6.52. The van der Waals surface area contributed by atoms with E-state index in [1.165, 1.54) is 0 Å². The number of ketones is 1. The first-order valence-electron chi connectivity index (χ1n) is 5.80. The van der Waals surface area contributed by atoms with E-state index in [4.69, 9.17) is 9.47 Å². The van der Waals surface area contributed by atoms with Gasteiger partial charge in [-0.15, -0.1) is 0 Å². The minimum absolute atomic E-state index is 0.00736. The van der Waals surface area contributed by atoms with Gasteiger partial charge in [-0.05, 0) is 20.8 Å². The van der Waals surface area contributed by atoms with Crippen molar-refractivity contribution in [1.29, 1.82) is 0 Å². The Morgan fingerprint density at radius 3 is 2.35 bits per heavy atom. The summed E-state index contributed by atoms with van der Waals surface area (Å²) in [6.45, 7) is 6.15. The zero-order valence-electron chi connectivity index (χ0n) is 10.9. The molecule has 0 aromatic heterocycles. The number of ether oxygens (including phenoxy) is 2. The molecule has 0 heterocycles. The van der Waals surface area contributed by atoms with Crippen LogP contribution in [0.1, 0.15) is 29.8 Å². The van der Waals surface area contributed by atoms with Gasteiger partial charge in [-0.2, -0.15) is 0 Å². The number of methoxy groups -OCH3 is 1. The van der Waals surface area contributed by atoms with E-state index in [9.17, 15) is 4.79 Å². The van der Waals surface area contributed by atoms with Gasteiger partial charge in [-0.25, -0.2) is 0 Å². The average Bonchev–Trinajstić information content (AvgIpc) is 2.29. The third-order valence-electron chi connectivity index (χ3n) is 2.54. The van der Waals surface area contributed by atoms with Crippen molar-refractivity contribution in [2.45, 2.75) is 33.0 Å². The van der Waals surface area contributed by atoms with Crippen LogP contribution in [0.2, 0.25) is 0 Å². The molecule has 0 aliphatic rings. The van der Waals surface area contributed by atoms with Gasteiger partial charge in [0, 0.05) is 12.7 Å². The fourth-order valence-electron chi connectivity index (χ4n) is 1.64. The van der Waals surface area contributed by atoms with Crippen molar-refractivity contribution in [2.24, 2.45) is 0 Å². The first-order chi connectivity index (χ1) is 8.04. The molecule has 0 bridgehead atoms. The zero-order chi connectivity index (χ0) is 12.8. The molecule has 0 fully saturated rings. The molecule has 0 amide bonds. The second-order valence-electron chi connectivity index (χ2n) is 4.27. The molecule has 94 valence electrons. The van der Waals surface area contributed by atoms with Crippen LogP contribution in [0.4, 0.5) is 0 Å². The van der Waals surface area contributed by atoms with E-state index >= 15 is 0 Å². The molecule has 3 heteroatoms. The number of Topliss-reactive ketones (excluding diaryl/α,β-unsaturated/α-hetero) is 1. The standard InChI is InChI=1S/C14H20O3/c1-10-5-7-13(8-6-10)14(15)12(3)17-11(2)9-16-4/h5-8,11-12H,9H2,1-4H3. The summed E-state index contributed by atoms with van der Waals surface area (Å²) in [5, 5.41) is 0. The van der Waals surface area contributed by atoms with Crippen molar-refractivity contribution >= 4 is 5.78 Å². The lowest BCUT2D eigenvalue weighted by Crippen LogP contribution is -2.27. The Kier molecular flexibility index (Phi) is 5.32. The molecule has 0 aliphatic heterocycles. The predicted molar refractivity (Wildman–Crippen MR) is 67.4 cm³/mol. The minimum atomic E-state index is -0.442. The largest absolute Gasteiger partial charge is 0.382 e. The van der Waals surface area contributed by atoms with Crippen molar-refractivity contribution < 1.29 is 14.3 Å². The molecule has 17 heavy (non-hydrogen) atoms. The molecular weight excluding hydrogens is 216 g/mol. The number of carbonyl (C=O) groups excluding carboxylic acids is 1.